The molecule has 1 aromatic rings. The van der Waals surface area contributed by atoms with Crippen molar-refractivity contribution in [2.24, 2.45) is 0 Å². The minimum absolute atomic E-state index is 0.199. The van der Waals surface area contributed by atoms with E-state index in [1.54, 1.807) is 0 Å². The van der Waals surface area contributed by atoms with Crippen LogP contribution in [0.25, 0.3) is 0 Å². The number of rotatable bonds is 8. The van der Waals surface area contributed by atoms with E-state index in [1.807, 2.05) is 0 Å². The second kappa shape index (κ2) is 8.06. The van der Waals surface area contributed by atoms with Crippen LogP contribution in [-0.2, 0) is 15.9 Å². The van der Waals surface area contributed by atoms with Gasteiger partial charge in [0.25, 0.3) is 0 Å². The van der Waals surface area contributed by atoms with Gasteiger partial charge in [0, 0.05) is 25.7 Å². The molecule has 122 valence electrons. The molecule has 1 aromatic carbocycles. The molecule has 0 spiro atoms. The molecule has 1 heterocycles. The van der Waals surface area contributed by atoms with Gasteiger partial charge in [0.1, 0.15) is 0 Å². The molecular formula is C18H27NO3. The third kappa shape index (κ3) is 3.87. The number of nitrogens with zero attached hydrogens (tertiary/aromatic N) is 1. The Hall–Kier alpha value is -0.940. The number of aliphatic hydroxyl groups excluding tert-OH is 1. The summed E-state index contributed by atoms with van der Waals surface area (Å²) in [5, 5.41) is 9.37. The monoisotopic (exact) mass is 305 g/mol. The Morgan fingerprint density at radius 3 is 2.95 bits per heavy atom. The molecule has 0 saturated carbocycles. The third-order valence-electron chi connectivity index (χ3n) is 4.78. The molecule has 2 aliphatic rings. The Labute approximate surface area is 133 Å². The first-order valence-corrected chi connectivity index (χ1v) is 8.50. The van der Waals surface area contributed by atoms with E-state index in [2.05, 4.69) is 29.2 Å². The van der Waals surface area contributed by atoms with Gasteiger partial charge in [0.2, 0.25) is 0 Å². The van der Waals surface area contributed by atoms with E-state index < -0.39 is 0 Å². The van der Waals surface area contributed by atoms with E-state index in [9.17, 15) is 5.11 Å². The summed E-state index contributed by atoms with van der Waals surface area (Å²) < 4.78 is 11.4. The van der Waals surface area contributed by atoms with Crippen LogP contribution in [0.15, 0.2) is 24.3 Å². The predicted molar refractivity (Wildman–Crippen MR) is 86.0 cm³/mol. The number of aliphatic hydroxyl groups is 1. The molecule has 4 heteroatoms. The van der Waals surface area contributed by atoms with E-state index in [-0.39, 0.29) is 6.61 Å². The maximum absolute atomic E-state index is 9.37. The molecule has 0 bridgehead atoms. The van der Waals surface area contributed by atoms with Gasteiger partial charge in [-0.25, -0.2) is 0 Å². The van der Waals surface area contributed by atoms with Crippen molar-refractivity contribution in [2.45, 2.75) is 37.8 Å². The van der Waals surface area contributed by atoms with Gasteiger partial charge in [0.15, 0.2) is 0 Å². The first-order chi connectivity index (χ1) is 10.9. The standard InChI is InChI=1S/C18H27NO3/c20-11-9-19(10-13-21-14-16-5-3-12-22-16)18-8-7-15-4-1-2-6-17(15)18/h1-2,4,6,16,18,20H,3,5,7-14H2. The van der Waals surface area contributed by atoms with E-state index in [0.29, 0.717) is 31.9 Å². The van der Waals surface area contributed by atoms with Gasteiger partial charge in [-0.05, 0) is 36.8 Å². The van der Waals surface area contributed by atoms with Crippen molar-refractivity contribution in [3.63, 3.8) is 0 Å². The van der Waals surface area contributed by atoms with E-state index >= 15 is 0 Å². The zero-order chi connectivity index (χ0) is 15.2. The van der Waals surface area contributed by atoms with Crippen LogP contribution in [0.4, 0.5) is 0 Å². The Morgan fingerprint density at radius 1 is 1.23 bits per heavy atom. The van der Waals surface area contributed by atoms with Crippen LogP contribution in [0.2, 0.25) is 0 Å². The largest absolute Gasteiger partial charge is 0.395 e. The molecule has 1 aliphatic heterocycles. The van der Waals surface area contributed by atoms with Crippen LogP contribution < -0.4 is 0 Å². The SMILES string of the molecule is OCCN(CCOCC1CCCO1)C1CCc2ccccc21. The van der Waals surface area contributed by atoms with Crippen molar-refractivity contribution in [3.05, 3.63) is 35.4 Å². The van der Waals surface area contributed by atoms with E-state index in [4.69, 9.17) is 9.47 Å². The van der Waals surface area contributed by atoms with E-state index in [1.165, 1.54) is 11.1 Å². The number of aryl methyl sites for hydroxylation is 1. The lowest BCUT2D eigenvalue weighted by atomic mass is 10.1. The number of fused-ring (bicyclic) bond motifs is 1. The summed E-state index contributed by atoms with van der Waals surface area (Å²) in [5.74, 6) is 0. The molecule has 1 N–H and O–H groups in total. The summed E-state index contributed by atoms with van der Waals surface area (Å²) in [6.45, 7) is 4.06. The number of ether oxygens (including phenoxy) is 2. The first kappa shape index (κ1) is 15.9. The lowest BCUT2D eigenvalue weighted by Crippen LogP contribution is -2.34. The minimum atomic E-state index is 0.199. The fourth-order valence-corrected chi connectivity index (χ4v) is 3.64. The molecule has 22 heavy (non-hydrogen) atoms. The first-order valence-electron chi connectivity index (χ1n) is 8.50. The summed E-state index contributed by atoms with van der Waals surface area (Å²) >= 11 is 0. The highest BCUT2D eigenvalue weighted by Crippen LogP contribution is 2.35. The Bertz CT molecular complexity index is 459. The zero-order valence-electron chi connectivity index (χ0n) is 13.2. The quantitative estimate of drug-likeness (QED) is 0.747. The van der Waals surface area contributed by atoms with Gasteiger partial charge < -0.3 is 14.6 Å². The van der Waals surface area contributed by atoms with Crippen molar-refractivity contribution in [3.8, 4) is 0 Å². The van der Waals surface area contributed by atoms with Crippen molar-refractivity contribution < 1.29 is 14.6 Å². The van der Waals surface area contributed by atoms with Crippen molar-refractivity contribution in [1.29, 1.82) is 0 Å². The molecule has 1 saturated heterocycles. The molecule has 2 atom stereocenters. The molecule has 0 radical (unpaired) electrons. The maximum atomic E-state index is 9.37. The lowest BCUT2D eigenvalue weighted by Gasteiger charge is -2.29. The molecule has 2 unspecified atom stereocenters. The highest BCUT2D eigenvalue weighted by molar-refractivity contribution is 5.34. The highest BCUT2D eigenvalue weighted by Gasteiger charge is 2.27. The van der Waals surface area contributed by atoms with Gasteiger partial charge in [0.05, 0.1) is 25.9 Å². The van der Waals surface area contributed by atoms with Crippen molar-refractivity contribution >= 4 is 0 Å². The summed E-state index contributed by atoms with van der Waals surface area (Å²) in [5.41, 5.74) is 2.88. The summed E-state index contributed by atoms with van der Waals surface area (Å²) in [6.07, 6.45) is 4.85. The Morgan fingerprint density at radius 2 is 2.14 bits per heavy atom. The average molecular weight is 305 g/mol. The molecule has 0 aromatic heterocycles. The minimum Gasteiger partial charge on any atom is -0.395 e. The van der Waals surface area contributed by atoms with E-state index in [0.717, 1.165) is 38.8 Å². The van der Waals surface area contributed by atoms with Crippen molar-refractivity contribution in [1.82, 2.24) is 4.90 Å². The van der Waals surface area contributed by atoms with Crippen LogP contribution in [-0.4, -0.2) is 55.6 Å². The smallest absolute Gasteiger partial charge is 0.0809 e. The molecular weight excluding hydrogens is 278 g/mol. The van der Waals surface area contributed by atoms with Gasteiger partial charge in [-0.3, -0.25) is 4.90 Å². The molecule has 0 amide bonds. The van der Waals surface area contributed by atoms with Crippen LogP contribution in [0.3, 0.4) is 0 Å². The van der Waals surface area contributed by atoms with Gasteiger partial charge >= 0.3 is 0 Å². The molecule has 1 aliphatic carbocycles. The summed E-state index contributed by atoms with van der Waals surface area (Å²) in [7, 11) is 0. The molecule has 4 nitrogen and oxygen atoms in total. The topological polar surface area (TPSA) is 41.9 Å². The van der Waals surface area contributed by atoms with Crippen LogP contribution >= 0.6 is 0 Å². The van der Waals surface area contributed by atoms with Crippen LogP contribution in [0.1, 0.15) is 36.4 Å². The van der Waals surface area contributed by atoms with Crippen molar-refractivity contribution in [2.75, 3.05) is 39.5 Å². The van der Waals surface area contributed by atoms with Crippen LogP contribution in [0.5, 0.6) is 0 Å². The number of hydrogen-bond acceptors (Lipinski definition) is 4. The second-order valence-electron chi connectivity index (χ2n) is 6.22. The highest BCUT2D eigenvalue weighted by atomic mass is 16.5. The zero-order valence-corrected chi connectivity index (χ0v) is 13.2. The van der Waals surface area contributed by atoms with Gasteiger partial charge in [-0.2, -0.15) is 0 Å². The Kier molecular flexibility index (Phi) is 5.84. The Balaban J connectivity index is 1.50. The normalized spacial score (nSPS) is 24.1. The fourth-order valence-electron chi connectivity index (χ4n) is 3.64. The van der Waals surface area contributed by atoms with Gasteiger partial charge in [-0.15, -0.1) is 0 Å². The van der Waals surface area contributed by atoms with Crippen LogP contribution in [0, 0.1) is 0 Å². The fraction of sp³-hybridized carbons (Fsp3) is 0.667. The van der Waals surface area contributed by atoms with Gasteiger partial charge in [-0.1, -0.05) is 24.3 Å². The average Bonchev–Trinajstić information content (AvgIpc) is 3.20. The number of benzene rings is 1. The summed E-state index contributed by atoms with van der Waals surface area (Å²) in [4.78, 5) is 2.36. The second-order valence-corrected chi connectivity index (χ2v) is 6.22. The molecule has 1 fully saturated rings. The maximum Gasteiger partial charge on any atom is 0.0809 e. The number of hydrogen-bond donors (Lipinski definition) is 1. The molecule has 3 rings (SSSR count). The lowest BCUT2D eigenvalue weighted by molar-refractivity contribution is 0.00518. The summed E-state index contributed by atoms with van der Waals surface area (Å²) in [6, 6.07) is 9.10. The third-order valence-corrected chi connectivity index (χ3v) is 4.78. The predicted octanol–water partition coefficient (Wildman–Crippen LogP) is 2.16.